The number of amides is 2. The second-order valence-corrected chi connectivity index (χ2v) is 6.50. The molecule has 0 saturated heterocycles. The lowest BCUT2D eigenvalue weighted by atomic mass is 10.1. The van der Waals surface area contributed by atoms with Crippen molar-refractivity contribution in [1.82, 2.24) is 16.2 Å². The fourth-order valence-corrected chi connectivity index (χ4v) is 2.35. The average Bonchev–Trinajstić information content (AvgIpc) is 2.66. The second-order valence-electron chi connectivity index (χ2n) is 6.10. The molecule has 142 valence electrons. The van der Waals surface area contributed by atoms with Crippen molar-refractivity contribution in [1.29, 1.82) is 0 Å². The van der Waals surface area contributed by atoms with Gasteiger partial charge in [0.1, 0.15) is 5.75 Å². The zero-order chi connectivity index (χ0) is 19.8. The molecule has 0 fully saturated rings. The first-order valence-corrected chi connectivity index (χ1v) is 9.05. The molecule has 1 atom stereocenters. The summed E-state index contributed by atoms with van der Waals surface area (Å²) in [6.07, 6.45) is 0.924. The molecule has 0 aliphatic rings. The molecule has 0 saturated carbocycles. The molecule has 0 spiro atoms. The Bertz CT molecular complexity index is 839. The van der Waals surface area contributed by atoms with Crippen LogP contribution in [-0.2, 0) is 0 Å². The predicted octanol–water partition coefficient (Wildman–Crippen LogP) is 3.12. The summed E-state index contributed by atoms with van der Waals surface area (Å²) < 4.78 is 5.71. The van der Waals surface area contributed by atoms with E-state index < -0.39 is 5.91 Å². The first-order chi connectivity index (χ1) is 12.9. The highest BCUT2D eigenvalue weighted by Gasteiger charge is 2.11. The predicted molar refractivity (Wildman–Crippen MR) is 109 cm³/mol. The minimum Gasteiger partial charge on any atom is -0.491 e. The van der Waals surface area contributed by atoms with Crippen molar-refractivity contribution in [2.45, 2.75) is 33.3 Å². The van der Waals surface area contributed by atoms with Crippen LogP contribution < -0.4 is 20.9 Å². The standard InChI is InChI=1S/C20H23N3O3S/c1-4-14(3)26-17-10-6-9-16(12-17)18(24)21-20(27)23-22-19(25)15-8-5-7-13(2)11-15/h5-12,14H,4H2,1-3H3,(H,22,25)(H2,21,23,24,27). The van der Waals surface area contributed by atoms with E-state index in [1.807, 2.05) is 26.8 Å². The number of aryl methyl sites for hydroxylation is 1. The van der Waals surface area contributed by atoms with E-state index in [-0.39, 0.29) is 17.1 Å². The van der Waals surface area contributed by atoms with E-state index >= 15 is 0 Å². The van der Waals surface area contributed by atoms with Gasteiger partial charge in [-0.05, 0) is 62.8 Å². The molecular weight excluding hydrogens is 362 g/mol. The summed E-state index contributed by atoms with van der Waals surface area (Å²) in [5.74, 6) is -0.130. The van der Waals surface area contributed by atoms with Crippen LogP contribution in [0.2, 0.25) is 0 Å². The minimum absolute atomic E-state index is 0.00532. The summed E-state index contributed by atoms with van der Waals surface area (Å²) in [5.41, 5.74) is 6.85. The van der Waals surface area contributed by atoms with E-state index in [0.29, 0.717) is 16.9 Å². The van der Waals surface area contributed by atoms with Gasteiger partial charge in [-0.25, -0.2) is 0 Å². The molecule has 0 aliphatic carbocycles. The van der Waals surface area contributed by atoms with Gasteiger partial charge in [-0.1, -0.05) is 30.7 Å². The van der Waals surface area contributed by atoms with Gasteiger partial charge in [0.25, 0.3) is 11.8 Å². The van der Waals surface area contributed by atoms with Crippen molar-refractivity contribution < 1.29 is 14.3 Å². The number of rotatable bonds is 5. The van der Waals surface area contributed by atoms with Crippen LogP contribution in [0.3, 0.4) is 0 Å². The molecule has 6 nitrogen and oxygen atoms in total. The first-order valence-electron chi connectivity index (χ1n) is 8.64. The number of nitrogens with one attached hydrogen (secondary N) is 3. The number of hydrogen-bond donors (Lipinski definition) is 3. The average molecular weight is 385 g/mol. The Labute approximate surface area is 164 Å². The first kappa shape index (κ1) is 20.4. The van der Waals surface area contributed by atoms with Crippen LogP contribution in [0.5, 0.6) is 5.75 Å². The van der Waals surface area contributed by atoms with Crippen LogP contribution in [-0.4, -0.2) is 23.0 Å². The van der Waals surface area contributed by atoms with Crippen LogP contribution in [0.4, 0.5) is 0 Å². The van der Waals surface area contributed by atoms with Gasteiger partial charge in [-0.2, -0.15) is 0 Å². The lowest BCUT2D eigenvalue weighted by Crippen LogP contribution is -2.48. The van der Waals surface area contributed by atoms with E-state index in [9.17, 15) is 9.59 Å². The van der Waals surface area contributed by atoms with Gasteiger partial charge in [-0.3, -0.25) is 25.8 Å². The highest BCUT2D eigenvalue weighted by Crippen LogP contribution is 2.15. The second kappa shape index (κ2) is 9.68. The Hall–Kier alpha value is -2.93. The van der Waals surface area contributed by atoms with Crippen molar-refractivity contribution in [2.75, 3.05) is 0 Å². The monoisotopic (exact) mass is 385 g/mol. The Kier molecular flexibility index (Phi) is 7.31. The van der Waals surface area contributed by atoms with Gasteiger partial charge in [-0.15, -0.1) is 0 Å². The molecule has 27 heavy (non-hydrogen) atoms. The van der Waals surface area contributed by atoms with E-state index in [1.165, 1.54) is 0 Å². The zero-order valence-corrected chi connectivity index (χ0v) is 16.4. The summed E-state index contributed by atoms with van der Waals surface area (Å²) in [5, 5.41) is 2.51. The highest BCUT2D eigenvalue weighted by molar-refractivity contribution is 7.80. The number of hydrogen-bond acceptors (Lipinski definition) is 4. The fourth-order valence-electron chi connectivity index (χ4n) is 2.20. The lowest BCUT2D eigenvalue weighted by molar-refractivity contribution is 0.0934. The molecule has 7 heteroatoms. The zero-order valence-electron chi connectivity index (χ0n) is 15.5. The Balaban J connectivity index is 1.89. The molecule has 0 aliphatic heterocycles. The molecule has 2 rings (SSSR count). The van der Waals surface area contributed by atoms with Gasteiger partial charge in [0.05, 0.1) is 6.10 Å². The molecule has 0 bridgehead atoms. The van der Waals surface area contributed by atoms with Crippen molar-refractivity contribution in [3.05, 3.63) is 65.2 Å². The third kappa shape index (κ3) is 6.38. The number of carbonyl (C=O) groups excluding carboxylic acids is 2. The van der Waals surface area contributed by atoms with Gasteiger partial charge in [0, 0.05) is 11.1 Å². The number of carbonyl (C=O) groups is 2. The van der Waals surface area contributed by atoms with Crippen LogP contribution >= 0.6 is 12.2 Å². The highest BCUT2D eigenvalue weighted by atomic mass is 32.1. The van der Waals surface area contributed by atoms with Crippen LogP contribution in [0.1, 0.15) is 46.5 Å². The fraction of sp³-hybridized carbons (Fsp3) is 0.250. The van der Waals surface area contributed by atoms with Crippen molar-refractivity contribution in [2.24, 2.45) is 0 Å². The van der Waals surface area contributed by atoms with E-state index in [1.54, 1.807) is 42.5 Å². The van der Waals surface area contributed by atoms with Crippen LogP contribution in [0, 0.1) is 6.92 Å². The molecule has 0 aromatic heterocycles. The molecule has 3 N–H and O–H groups in total. The van der Waals surface area contributed by atoms with Gasteiger partial charge < -0.3 is 4.74 Å². The maximum atomic E-state index is 12.3. The molecule has 1 unspecified atom stereocenters. The molecule has 0 radical (unpaired) electrons. The number of ether oxygens (including phenoxy) is 1. The Morgan fingerprint density at radius 2 is 1.70 bits per heavy atom. The summed E-state index contributed by atoms with van der Waals surface area (Å²) >= 11 is 5.06. The normalized spacial score (nSPS) is 11.2. The third-order valence-electron chi connectivity index (χ3n) is 3.81. The van der Waals surface area contributed by atoms with E-state index in [0.717, 1.165) is 12.0 Å². The van der Waals surface area contributed by atoms with Gasteiger partial charge >= 0.3 is 0 Å². The van der Waals surface area contributed by atoms with E-state index in [4.69, 9.17) is 17.0 Å². The number of hydrazine groups is 1. The van der Waals surface area contributed by atoms with Crippen LogP contribution in [0.25, 0.3) is 0 Å². The molecule has 0 heterocycles. The molecular formula is C20H23N3O3S. The molecule has 2 aromatic rings. The SMILES string of the molecule is CCC(C)Oc1cccc(C(=O)NC(=S)NNC(=O)c2cccc(C)c2)c1. The summed E-state index contributed by atoms with van der Waals surface area (Å²) in [6, 6.07) is 14.0. The third-order valence-corrected chi connectivity index (χ3v) is 4.01. The van der Waals surface area contributed by atoms with Crippen molar-refractivity contribution in [3.8, 4) is 5.75 Å². The van der Waals surface area contributed by atoms with E-state index in [2.05, 4.69) is 16.2 Å². The van der Waals surface area contributed by atoms with Gasteiger partial charge in [0.15, 0.2) is 5.11 Å². The molecule has 2 aromatic carbocycles. The largest absolute Gasteiger partial charge is 0.491 e. The maximum absolute atomic E-state index is 12.3. The Morgan fingerprint density at radius 1 is 1.04 bits per heavy atom. The summed E-state index contributed by atoms with van der Waals surface area (Å²) in [6.45, 7) is 5.88. The quantitative estimate of drug-likeness (QED) is 0.544. The summed E-state index contributed by atoms with van der Waals surface area (Å²) in [4.78, 5) is 24.4. The Morgan fingerprint density at radius 3 is 2.37 bits per heavy atom. The molecule has 2 amide bonds. The maximum Gasteiger partial charge on any atom is 0.269 e. The van der Waals surface area contributed by atoms with Crippen molar-refractivity contribution in [3.63, 3.8) is 0 Å². The number of benzene rings is 2. The smallest absolute Gasteiger partial charge is 0.269 e. The topological polar surface area (TPSA) is 79.5 Å². The minimum atomic E-state index is -0.396. The summed E-state index contributed by atoms with van der Waals surface area (Å²) in [7, 11) is 0. The van der Waals surface area contributed by atoms with Crippen molar-refractivity contribution >= 4 is 29.1 Å². The lowest BCUT2D eigenvalue weighted by Gasteiger charge is -2.14. The van der Waals surface area contributed by atoms with Crippen LogP contribution in [0.15, 0.2) is 48.5 Å². The van der Waals surface area contributed by atoms with Gasteiger partial charge in [0.2, 0.25) is 0 Å². The number of thiocarbonyl (C=S) groups is 1.